The molecule has 1 aromatic rings. The summed E-state index contributed by atoms with van der Waals surface area (Å²) in [6.45, 7) is 5.13. The van der Waals surface area contributed by atoms with Gasteiger partial charge in [0.2, 0.25) is 0 Å². The SMILES string of the molecule is Cc1[nH]c(C=O)c(C)c1CCCN(C)C. The normalized spacial score (nSPS) is 11.0. The average molecular weight is 208 g/mol. The summed E-state index contributed by atoms with van der Waals surface area (Å²) in [6, 6.07) is 0. The van der Waals surface area contributed by atoms with Crippen LogP contribution in [0.5, 0.6) is 0 Å². The van der Waals surface area contributed by atoms with E-state index in [2.05, 4.69) is 24.0 Å². The van der Waals surface area contributed by atoms with Gasteiger partial charge in [-0.15, -0.1) is 0 Å². The smallest absolute Gasteiger partial charge is 0.166 e. The van der Waals surface area contributed by atoms with E-state index in [1.807, 2.05) is 13.8 Å². The monoisotopic (exact) mass is 208 g/mol. The van der Waals surface area contributed by atoms with Gasteiger partial charge in [0.25, 0.3) is 0 Å². The molecule has 84 valence electrons. The molecule has 0 fully saturated rings. The predicted molar refractivity (Wildman–Crippen MR) is 62.5 cm³/mol. The highest BCUT2D eigenvalue weighted by molar-refractivity contribution is 5.75. The standard InChI is InChI=1S/C12H20N2O/c1-9-11(6-5-7-14(3)4)10(2)13-12(9)8-15/h8,13H,5-7H2,1-4H3. The number of aromatic amines is 1. The molecule has 0 aliphatic heterocycles. The number of aldehydes is 1. The van der Waals surface area contributed by atoms with Crippen LogP contribution in [0.1, 0.15) is 33.7 Å². The number of carbonyl (C=O) groups excluding carboxylic acids is 1. The molecule has 0 aliphatic rings. The third kappa shape index (κ3) is 2.93. The minimum absolute atomic E-state index is 0.729. The van der Waals surface area contributed by atoms with Crippen LogP contribution in [0.4, 0.5) is 0 Å². The maximum Gasteiger partial charge on any atom is 0.166 e. The maximum absolute atomic E-state index is 10.7. The van der Waals surface area contributed by atoms with Gasteiger partial charge in [-0.2, -0.15) is 0 Å². The molecule has 0 saturated heterocycles. The first-order chi connectivity index (χ1) is 7.06. The fourth-order valence-corrected chi connectivity index (χ4v) is 1.88. The Hall–Kier alpha value is -1.09. The molecule has 0 spiro atoms. The Morgan fingerprint density at radius 3 is 2.47 bits per heavy atom. The van der Waals surface area contributed by atoms with Crippen molar-refractivity contribution in [3.8, 4) is 0 Å². The van der Waals surface area contributed by atoms with E-state index in [1.54, 1.807) is 0 Å². The highest BCUT2D eigenvalue weighted by Crippen LogP contribution is 2.18. The first-order valence-corrected chi connectivity index (χ1v) is 5.34. The van der Waals surface area contributed by atoms with Crippen LogP contribution in [0.3, 0.4) is 0 Å². The number of hydrogen-bond donors (Lipinski definition) is 1. The lowest BCUT2D eigenvalue weighted by atomic mass is 10.1. The second-order valence-corrected chi connectivity index (χ2v) is 4.29. The molecule has 3 nitrogen and oxygen atoms in total. The van der Waals surface area contributed by atoms with Crippen LogP contribution in [0.2, 0.25) is 0 Å². The number of aryl methyl sites for hydroxylation is 1. The fraction of sp³-hybridized carbons (Fsp3) is 0.583. The van der Waals surface area contributed by atoms with E-state index in [4.69, 9.17) is 0 Å². The van der Waals surface area contributed by atoms with Gasteiger partial charge in [-0.05, 0) is 58.5 Å². The van der Waals surface area contributed by atoms with Crippen molar-refractivity contribution in [3.05, 3.63) is 22.5 Å². The molecular weight excluding hydrogens is 188 g/mol. The molecule has 1 heterocycles. The molecule has 0 atom stereocenters. The Kier molecular flexibility index (Phi) is 4.09. The summed E-state index contributed by atoms with van der Waals surface area (Å²) >= 11 is 0. The van der Waals surface area contributed by atoms with E-state index in [1.165, 1.54) is 5.56 Å². The molecule has 1 aromatic heterocycles. The van der Waals surface area contributed by atoms with Crippen LogP contribution in [-0.4, -0.2) is 36.8 Å². The minimum Gasteiger partial charge on any atom is -0.356 e. The van der Waals surface area contributed by atoms with Crippen molar-refractivity contribution in [1.29, 1.82) is 0 Å². The van der Waals surface area contributed by atoms with Gasteiger partial charge in [0.1, 0.15) is 0 Å². The minimum atomic E-state index is 0.729. The van der Waals surface area contributed by atoms with Gasteiger partial charge >= 0.3 is 0 Å². The second-order valence-electron chi connectivity index (χ2n) is 4.29. The first-order valence-electron chi connectivity index (χ1n) is 5.34. The Morgan fingerprint density at radius 1 is 1.33 bits per heavy atom. The lowest BCUT2D eigenvalue weighted by Gasteiger charge is -2.09. The van der Waals surface area contributed by atoms with Crippen LogP contribution in [-0.2, 0) is 6.42 Å². The largest absolute Gasteiger partial charge is 0.356 e. The summed E-state index contributed by atoms with van der Waals surface area (Å²) < 4.78 is 0. The van der Waals surface area contributed by atoms with E-state index < -0.39 is 0 Å². The van der Waals surface area contributed by atoms with Crippen molar-refractivity contribution in [3.63, 3.8) is 0 Å². The summed E-state index contributed by atoms with van der Waals surface area (Å²) in [5.74, 6) is 0. The van der Waals surface area contributed by atoms with Gasteiger partial charge in [0, 0.05) is 5.69 Å². The topological polar surface area (TPSA) is 36.1 Å². The number of nitrogens with zero attached hydrogens (tertiary/aromatic N) is 1. The van der Waals surface area contributed by atoms with Gasteiger partial charge in [-0.3, -0.25) is 4.79 Å². The van der Waals surface area contributed by atoms with Gasteiger partial charge < -0.3 is 9.88 Å². The van der Waals surface area contributed by atoms with Gasteiger partial charge in [0.05, 0.1) is 5.69 Å². The quantitative estimate of drug-likeness (QED) is 0.751. The average Bonchev–Trinajstić information content (AvgIpc) is 2.44. The lowest BCUT2D eigenvalue weighted by molar-refractivity contribution is 0.111. The maximum atomic E-state index is 10.7. The molecule has 0 saturated carbocycles. The molecule has 3 heteroatoms. The third-order valence-electron chi connectivity index (χ3n) is 2.78. The Balaban J connectivity index is 2.68. The number of H-pyrrole nitrogens is 1. The van der Waals surface area contributed by atoms with Crippen molar-refractivity contribution in [2.45, 2.75) is 26.7 Å². The molecule has 0 unspecified atom stereocenters. The van der Waals surface area contributed by atoms with Gasteiger partial charge in [0.15, 0.2) is 6.29 Å². The molecule has 0 aromatic carbocycles. The van der Waals surface area contributed by atoms with Crippen molar-refractivity contribution in [2.75, 3.05) is 20.6 Å². The molecule has 0 bridgehead atoms. The number of rotatable bonds is 5. The van der Waals surface area contributed by atoms with Crippen LogP contribution >= 0.6 is 0 Å². The summed E-state index contributed by atoms with van der Waals surface area (Å²) in [6.07, 6.45) is 3.07. The van der Waals surface area contributed by atoms with Gasteiger partial charge in [-0.25, -0.2) is 0 Å². The molecule has 0 radical (unpaired) electrons. The van der Waals surface area contributed by atoms with E-state index in [0.29, 0.717) is 0 Å². The third-order valence-corrected chi connectivity index (χ3v) is 2.78. The fourth-order valence-electron chi connectivity index (χ4n) is 1.88. The molecule has 1 N–H and O–H groups in total. The zero-order valence-corrected chi connectivity index (χ0v) is 10.1. The molecular formula is C12H20N2O. The predicted octanol–water partition coefficient (Wildman–Crippen LogP) is 1.94. The Morgan fingerprint density at radius 2 is 2.00 bits per heavy atom. The van der Waals surface area contributed by atoms with E-state index in [9.17, 15) is 4.79 Å². The summed E-state index contributed by atoms with van der Waals surface area (Å²) in [5, 5.41) is 0. The number of hydrogen-bond acceptors (Lipinski definition) is 2. The van der Waals surface area contributed by atoms with Crippen LogP contribution in [0.15, 0.2) is 0 Å². The molecule has 1 rings (SSSR count). The van der Waals surface area contributed by atoms with Gasteiger partial charge in [-0.1, -0.05) is 0 Å². The second kappa shape index (κ2) is 5.12. The van der Waals surface area contributed by atoms with Crippen LogP contribution < -0.4 is 0 Å². The Bertz CT molecular complexity index is 340. The van der Waals surface area contributed by atoms with E-state index >= 15 is 0 Å². The highest BCUT2D eigenvalue weighted by atomic mass is 16.1. The van der Waals surface area contributed by atoms with E-state index in [-0.39, 0.29) is 0 Å². The van der Waals surface area contributed by atoms with Crippen molar-refractivity contribution in [1.82, 2.24) is 9.88 Å². The first kappa shape index (κ1) is 12.0. The number of carbonyl (C=O) groups is 1. The molecule has 15 heavy (non-hydrogen) atoms. The molecule has 0 aliphatic carbocycles. The summed E-state index contributed by atoms with van der Waals surface area (Å²) in [4.78, 5) is 16.0. The summed E-state index contributed by atoms with van der Waals surface area (Å²) in [5.41, 5.74) is 4.28. The molecule has 0 amide bonds. The Labute approximate surface area is 91.5 Å². The summed E-state index contributed by atoms with van der Waals surface area (Å²) in [7, 11) is 4.15. The van der Waals surface area contributed by atoms with Crippen molar-refractivity contribution >= 4 is 6.29 Å². The van der Waals surface area contributed by atoms with E-state index in [0.717, 1.165) is 42.6 Å². The number of aromatic nitrogens is 1. The zero-order chi connectivity index (χ0) is 11.4. The lowest BCUT2D eigenvalue weighted by Crippen LogP contribution is -2.13. The van der Waals surface area contributed by atoms with Crippen LogP contribution in [0, 0.1) is 13.8 Å². The van der Waals surface area contributed by atoms with Crippen LogP contribution in [0.25, 0.3) is 0 Å². The van der Waals surface area contributed by atoms with Crippen molar-refractivity contribution in [2.24, 2.45) is 0 Å². The highest BCUT2D eigenvalue weighted by Gasteiger charge is 2.09. The zero-order valence-electron chi connectivity index (χ0n) is 10.1. The van der Waals surface area contributed by atoms with Crippen molar-refractivity contribution < 1.29 is 4.79 Å². The number of nitrogens with one attached hydrogen (secondary N) is 1.